The van der Waals surface area contributed by atoms with E-state index in [1.165, 1.54) is 0 Å². The molecule has 3 aromatic carbocycles. The van der Waals surface area contributed by atoms with Gasteiger partial charge in [0.1, 0.15) is 12.8 Å². The number of pyridine rings is 1. The van der Waals surface area contributed by atoms with Crippen molar-refractivity contribution in [1.29, 1.82) is 0 Å². The minimum atomic E-state index is -4.58. The number of rotatable bonds is 9. The summed E-state index contributed by atoms with van der Waals surface area (Å²) in [5.41, 5.74) is 11.4. The predicted octanol–water partition coefficient (Wildman–Crippen LogP) is 6.77. The quantitative estimate of drug-likeness (QED) is 0.154. The summed E-state index contributed by atoms with van der Waals surface area (Å²) in [6.45, 7) is 0.881. The lowest BCUT2D eigenvalue weighted by Crippen LogP contribution is -2.37. The topological polar surface area (TPSA) is 104 Å². The van der Waals surface area contributed by atoms with Crippen LogP contribution in [0.5, 0.6) is 0 Å². The van der Waals surface area contributed by atoms with E-state index in [1.807, 2.05) is 43.3 Å². The lowest BCUT2D eigenvalue weighted by atomic mass is 9.86. The molecular formula is C35H33F3N3O4P. The van der Waals surface area contributed by atoms with Gasteiger partial charge in [-0.1, -0.05) is 67.9 Å². The number of halogens is 3. The van der Waals surface area contributed by atoms with Crippen LogP contribution in [0.3, 0.4) is 0 Å². The number of hydrogen-bond acceptors (Lipinski definition) is 6. The SMILES string of the molecule is CCCCc1c2c(cc(C(=O)c3ccccc3-c3ccccn3)c1P1OCCC(N)O1)-c1ccccc1C2C(=O)NCC(F)(F)F. The molecule has 6 rings (SSSR count). The van der Waals surface area contributed by atoms with Crippen molar-refractivity contribution in [1.82, 2.24) is 10.3 Å². The van der Waals surface area contributed by atoms with Crippen molar-refractivity contribution in [3.05, 3.63) is 107 Å². The van der Waals surface area contributed by atoms with E-state index < -0.39 is 39.1 Å². The molecule has 0 spiro atoms. The summed E-state index contributed by atoms with van der Waals surface area (Å²) in [6, 6.07) is 21.6. The minimum Gasteiger partial charge on any atom is -0.346 e. The second-order valence-electron chi connectivity index (χ2n) is 11.3. The van der Waals surface area contributed by atoms with Gasteiger partial charge in [0.25, 0.3) is 0 Å². The fraction of sp³-hybridized carbons (Fsp3) is 0.286. The molecule has 0 bridgehead atoms. The zero-order valence-corrected chi connectivity index (χ0v) is 26.0. The number of carbonyl (C=O) groups is 2. The Kier molecular flexibility index (Phi) is 9.34. The van der Waals surface area contributed by atoms with Crippen molar-refractivity contribution < 1.29 is 31.8 Å². The molecule has 1 aromatic heterocycles. The highest BCUT2D eigenvalue weighted by Crippen LogP contribution is 2.52. The summed E-state index contributed by atoms with van der Waals surface area (Å²) in [5.74, 6) is -2.06. The van der Waals surface area contributed by atoms with Crippen molar-refractivity contribution in [2.75, 3.05) is 13.2 Å². The Morgan fingerprint density at radius 2 is 1.74 bits per heavy atom. The van der Waals surface area contributed by atoms with Crippen molar-refractivity contribution in [3.63, 3.8) is 0 Å². The molecule has 7 nitrogen and oxygen atoms in total. The third-order valence-electron chi connectivity index (χ3n) is 8.18. The molecule has 238 valence electrons. The van der Waals surface area contributed by atoms with Crippen molar-refractivity contribution in [2.24, 2.45) is 5.73 Å². The van der Waals surface area contributed by atoms with Crippen LogP contribution in [-0.4, -0.2) is 42.2 Å². The number of nitrogens with two attached hydrogens (primary N) is 1. The van der Waals surface area contributed by atoms with E-state index in [4.69, 9.17) is 14.8 Å². The highest BCUT2D eigenvalue weighted by Gasteiger charge is 2.42. The fourth-order valence-corrected chi connectivity index (χ4v) is 7.88. The van der Waals surface area contributed by atoms with Crippen LogP contribution in [-0.2, 0) is 20.3 Å². The van der Waals surface area contributed by atoms with Crippen LogP contribution >= 0.6 is 8.38 Å². The first kappa shape index (κ1) is 32.0. The number of nitrogens with zero attached hydrogens (tertiary/aromatic N) is 1. The fourth-order valence-electron chi connectivity index (χ4n) is 6.14. The van der Waals surface area contributed by atoms with Crippen LogP contribution < -0.4 is 16.4 Å². The third-order valence-corrected chi connectivity index (χ3v) is 9.94. The first-order valence-corrected chi connectivity index (χ1v) is 16.4. The number of benzene rings is 3. The van der Waals surface area contributed by atoms with Crippen molar-refractivity contribution >= 4 is 25.4 Å². The first-order valence-electron chi connectivity index (χ1n) is 15.2. The molecule has 0 saturated carbocycles. The number of fused-ring (bicyclic) bond motifs is 3. The Labute approximate surface area is 266 Å². The van der Waals surface area contributed by atoms with E-state index in [0.29, 0.717) is 81.4 Å². The number of amides is 1. The maximum atomic E-state index is 14.8. The Bertz CT molecular complexity index is 1770. The molecule has 11 heteroatoms. The number of unbranched alkanes of at least 4 members (excludes halogenated alkanes) is 1. The number of alkyl halides is 3. The van der Waals surface area contributed by atoms with Crippen LogP contribution in [0.2, 0.25) is 0 Å². The maximum Gasteiger partial charge on any atom is 0.405 e. The van der Waals surface area contributed by atoms with Gasteiger partial charge in [-0.15, -0.1) is 0 Å². The molecule has 1 amide bonds. The summed E-state index contributed by atoms with van der Waals surface area (Å²) in [7, 11) is -1.87. The van der Waals surface area contributed by atoms with Gasteiger partial charge in [0.15, 0.2) is 5.78 Å². The van der Waals surface area contributed by atoms with E-state index in [1.54, 1.807) is 42.6 Å². The zero-order valence-electron chi connectivity index (χ0n) is 25.1. The second-order valence-corrected chi connectivity index (χ2v) is 12.7. The van der Waals surface area contributed by atoms with E-state index in [0.717, 1.165) is 6.42 Å². The molecule has 1 saturated heterocycles. The lowest BCUT2D eigenvalue weighted by molar-refractivity contribution is -0.138. The average Bonchev–Trinajstić information content (AvgIpc) is 3.40. The second kappa shape index (κ2) is 13.4. The molecule has 1 fully saturated rings. The highest BCUT2D eigenvalue weighted by atomic mass is 31.2. The minimum absolute atomic E-state index is 0.284. The van der Waals surface area contributed by atoms with Crippen LogP contribution in [0, 0.1) is 0 Å². The van der Waals surface area contributed by atoms with Gasteiger partial charge in [0, 0.05) is 34.6 Å². The first-order chi connectivity index (χ1) is 22.2. The Hall–Kier alpha value is -3.95. The predicted molar refractivity (Wildman–Crippen MR) is 171 cm³/mol. The highest BCUT2D eigenvalue weighted by molar-refractivity contribution is 7.56. The van der Waals surface area contributed by atoms with Crippen LogP contribution in [0.25, 0.3) is 22.4 Å². The summed E-state index contributed by atoms with van der Waals surface area (Å²) in [4.78, 5) is 32.9. The monoisotopic (exact) mass is 647 g/mol. The molecule has 1 aliphatic carbocycles. The number of nitrogens with one attached hydrogen (secondary N) is 1. The normalized spacial score (nSPS) is 18.9. The van der Waals surface area contributed by atoms with E-state index in [-0.39, 0.29) is 5.78 Å². The van der Waals surface area contributed by atoms with E-state index >= 15 is 0 Å². The molecular weight excluding hydrogens is 614 g/mol. The Balaban J connectivity index is 1.61. The Morgan fingerprint density at radius 3 is 2.46 bits per heavy atom. The van der Waals surface area contributed by atoms with E-state index in [2.05, 4.69) is 10.3 Å². The smallest absolute Gasteiger partial charge is 0.346 e. The molecule has 3 N–H and O–H groups in total. The van der Waals surface area contributed by atoms with Gasteiger partial charge in [0.05, 0.1) is 18.2 Å². The van der Waals surface area contributed by atoms with Gasteiger partial charge in [-0.2, -0.15) is 13.2 Å². The average molecular weight is 648 g/mol. The van der Waals surface area contributed by atoms with Crippen LogP contribution in [0.4, 0.5) is 13.2 Å². The maximum absolute atomic E-state index is 14.8. The molecule has 1 aliphatic heterocycles. The molecule has 3 atom stereocenters. The number of hydrogen-bond donors (Lipinski definition) is 2. The number of ketones is 1. The van der Waals surface area contributed by atoms with Gasteiger partial charge in [0.2, 0.25) is 14.3 Å². The summed E-state index contributed by atoms with van der Waals surface area (Å²) < 4.78 is 52.1. The molecule has 2 aliphatic rings. The largest absolute Gasteiger partial charge is 0.405 e. The standard InChI is InChI=1S/C35H33F3N3O4P/c1-2-3-10-25-30-26(21-11-4-6-13-23(21)31(30)34(43)41-20-35(36,37)38)19-27(33(25)46-44-18-16-29(39)45-46)32(42)24-14-7-5-12-22(24)28-15-8-9-17-40-28/h4-9,11-15,17,19,29,31H,2-3,10,16,18,20,39H2,1H3,(H,41,43). The molecule has 0 radical (unpaired) electrons. The van der Waals surface area contributed by atoms with Crippen molar-refractivity contribution in [3.8, 4) is 22.4 Å². The lowest BCUT2D eigenvalue weighted by Gasteiger charge is -2.31. The zero-order chi connectivity index (χ0) is 32.4. The Morgan fingerprint density at radius 1 is 1.00 bits per heavy atom. The van der Waals surface area contributed by atoms with Gasteiger partial charge in [-0.3, -0.25) is 14.6 Å². The molecule has 4 aromatic rings. The van der Waals surface area contributed by atoms with Crippen molar-refractivity contribution in [2.45, 2.75) is 50.9 Å². The van der Waals surface area contributed by atoms with Gasteiger partial charge in [-0.05, 0) is 58.9 Å². The van der Waals surface area contributed by atoms with Gasteiger partial charge < -0.3 is 20.1 Å². The molecule has 46 heavy (non-hydrogen) atoms. The van der Waals surface area contributed by atoms with Gasteiger partial charge in [-0.25, -0.2) is 0 Å². The molecule has 3 unspecified atom stereocenters. The summed E-state index contributed by atoms with van der Waals surface area (Å²) in [5, 5.41) is 2.62. The summed E-state index contributed by atoms with van der Waals surface area (Å²) in [6.07, 6.45) is -1.12. The number of carbonyl (C=O) groups excluding carboxylic acids is 2. The number of aromatic nitrogens is 1. The third kappa shape index (κ3) is 6.35. The van der Waals surface area contributed by atoms with Crippen LogP contribution in [0.15, 0.2) is 79.0 Å². The molecule has 2 heterocycles. The van der Waals surface area contributed by atoms with Crippen LogP contribution in [0.1, 0.15) is 64.7 Å². The van der Waals surface area contributed by atoms with Gasteiger partial charge >= 0.3 is 6.18 Å². The summed E-state index contributed by atoms with van der Waals surface area (Å²) >= 11 is 0. The van der Waals surface area contributed by atoms with E-state index in [9.17, 15) is 22.8 Å².